The number of fused-ring (bicyclic) bond motifs is 2. The fourth-order valence-corrected chi connectivity index (χ4v) is 6.03. The first-order valence-corrected chi connectivity index (χ1v) is 14.1. The van der Waals surface area contributed by atoms with Gasteiger partial charge in [0.25, 0.3) is 0 Å². The Morgan fingerprint density at radius 1 is 0.821 bits per heavy atom. The SMILES string of the molecule is COc1ccc(C(=O)C(CCN2CCC(=C3c4ccccc4C=Cc4ccccc43)CC2)C(C)C)cc1OC. The summed E-state index contributed by atoms with van der Waals surface area (Å²) in [6.07, 6.45) is 7.45. The molecule has 4 nitrogen and oxygen atoms in total. The van der Waals surface area contributed by atoms with E-state index in [-0.39, 0.29) is 17.6 Å². The summed E-state index contributed by atoms with van der Waals surface area (Å²) in [7, 11) is 3.22. The Hall–Kier alpha value is -3.63. The van der Waals surface area contributed by atoms with Gasteiger partial charge in [-0.2, -0.15) is 0 Å². The normalized spacial score (nSPS) is 15.9. The first kappa shape index (κ1) is 27.0. The Morgan fingerprint density at radius 2 is 1.41 bits per heavy atom. The van der Waals surface area contributed by atoms with Gasteiger partial charge in [0.05, 0.1) is 14.2 Å². The molecule has 3 aromatic rings. The zero-order chi connectivity index (χ0) is 27.4. The zero-order valence-corrected chi connectivity index (χ0v) is 23.6. The minimum Gasteiger partial charge on any atom is -0.493 e. The third kappa shape index (κ3) is 5.72. The maximum atomic E-state index is 13.5. The number of ether oxygens (including phenoxy) is 2. The molecule has 39 heavy (non-hydrogen) atoms. The molecule has 0 spiro atoms. The van der Waals surface area contributed by atoms with Crippen molar-refractivity contribution in [3.8, 4) is 11.5 Å². The number of likely N-dealkylation sites (tertiary alicyclic amines) is 1. The van der Waals surface area contributed by atoms with Gasteiger partial charge in [-0.15, -0.1) is 0 Å². The third-order valence-corrected chi connectivity index (χ3v) is 8.28. The maximum absolute atomic E-state index is 13.5. The number of carbonyl (C=O) groups excluding carboxylic acids is 1. The molecule has 2 aliphatic rings. The van der Waals surface area contributed by atoms with E-state index in [1.54, 1.807) is 14.2 Å². The lowest BCUT2D eigenvalue weighted by Crippen LogP contribution is -2.34. The Labute approximate surface area is 233 Å². The first-order valence-electron chi connectivity index (χ1n) is 14.1. The summed E-state index contributed by atoms with van der Waals surface area (Å²) in [6, 6.07) is 23.0. The predicted molar refractivity (Wildman–Crippen MR) is 160 cm³/mol. The monoisotopic (exact) mass is 521 g/mol. The summed E-state index contributed by atoms with van der Waals surface area (Å²) >= 11 is 0. The molecule has 1 aliphatic heterocycles. The third-order valence-electron chi connectivity index (χ3n) is 8.28. The molecule has 0 bridgehead atoms. The topological polar surface area (TPSA) is 38.8 Å². The molecule has 202 valence electrons. The highest BCUT2D eigenvalue weighted by Crippen LogP contribution is 2.39. The minimum absolute atomic E-state index is 0.0328. The van der Waals surface area contributed by atoms with Crippen LogP contribution in [0.3, 0.4) is 0 Å². The van der Waals surface area contributed by atoms with Gasteiger partial charge < -0.3 is 14.4 Å². The van der Waals surface area contributed by atoms with E-state index < -0.39 is 0 Å². The average Bonchev–Trinajstić information content (AvgIpc) is 3.14. The highest BCUT2D eigenvalue weighted by atomic mass is 16.5. The summed E-state index contributed by atoms with van der Waals surface area (Å²) in [5.74, 6) is 1.65. The van der Waals surface area contributed by atoms with Crippen LogP contribution in [0.4, 0.5) is 0 Å². The van der Waals surface area contributed by atoms with E-state index in [2.05, 4.69) is 79.4 Å². The molecule has 5 rings (SSSR count). The molecule has 0 N–H and O–H groups in total. The summed E-state index contributed by atoms with van der Waals surface area (Å²) in [4.78, 5) is 16.1. The molecule has 0 amide bonds. The number of benzene rings is 3. The number of carbonyl (C=O) groups is 1. The molecule has 1 unspecified atom stereocenters. The first-order chi connectivity index (χ1) is 19.0. The highest BCUT2D eigenvalue weighted by Gasteiger charge is 2.27. The van der Waals surface area contributed by atoms with E-state index in [0.29, 0.717) is 17.1 Å². The second-order valence-corrected chi connectivity index (χ2v) is 10.9. The van der Waals surface area contributed by atoms with Crippen molar-refractivity contribution in [1.82, 2.24) is 4.90 Å². The highest BCUT2D eigenvalue weighted by molar-refractivity contribution is 5.98. The lowest BCUT2D eigenvalue weighted by Gasteiger charge is -2.32. The Morgan fingerprint density at radius 3 is 1.97 bits per heavy atom. The van der Waals surface area contributed by atoms with Crippen molar-refractivity contribution >= 4 is 23.5 Å². The molecular weight excluding hydrogens is 482 g/mol. The smallest absolute Gasteiger partial charge is 0.166 e. The number of Topliss-reactive ketones (excluding diaryl/α,β-unsaturated/α-hetero) is 1. The van der Waals surface area contributed by atoms with Crippen LogP contribution in [0.25, 0.3) is 17.7 Å². The zero-order valence-electron chi connectivity index (χ0n) is 23.6. The van der Waals surface area contributed by atoms with Crippen LogP contribution in [0.2, 0.25) is 0 Å². The van der Waals surface area contributed by atoms with Crippen LogP contribution in [0.1, 0.15) is 65.7 Å². The van der Waals surface area contributed by atoms with Crippen molar-refractivity contribution in [2.45, 2.75) is 33.1 Å². The largest absolute Gasteiger partial charge is 0.493 e. The summed E-state index contributed by atoms with van der Waals surface area (Å²) in [5, 5.41) is 0. The fourth-order valence-electron chi connectivity index (χ4n) is 6.03. The molecule has 1 fully saturated rings. The summed E-state index contributed by atoms with van der Waals surface area (Å²) < 4.78 is 10.8. The molecule has 3 aromatic carbocycles. The minimum atomic E-state index is -0.0328. The van der Waals surface area contributed by atoms with E-state index in [0.717, 1.165) is 38.9 Å². The Balaban J connectivity index is 1.30. The van der Waals surface area contributed by atoms with Crippen molar-refractivity contribution in [1.29, 1.82) is 0 Å². The predicted octanol–water partition coefficient (Wildman–Crippen LogP) is 7.63. The second kappa shape index (κ2) is 12.0. The van der Waals surface area contributed by atoms with Crippen LogP contribution in [-0.4, -0.2) is 44.5 Å². The molecular formula is C35H39NO3. The molecule has 1 aliphatic carbocycles. The number of nitrogens with zero attached hydrogens (tertiary/aromatic N) is 1. The lowest BCUT2D eigenvalue weighted by atomic mass is 9.84. The molecule has 0 aromatic heterocycles. The van der Waals surface area contributed by atoms with Gasteiger partial charge in [0.1, 0.15) is 0 Å². The van der Waals surface area contributed by atoms with Crippen molar-refractivity contribution in [3.63, 3.8) is 0 Å². The molecule has 1 heterocycles. The number of hydrogen-bond acceptors (Lipinski definition) is 4. The van der Waals surface area contributed by atoms with Gasteiger partial charge in [0.15, 0.2) is 17.3 Å². The number of hydrogen-bond donors (Lipinski definition) is 0. The van der Waals surface area contributed by atoms with Gasteiger partial charge in [0.2, 0.25) is 0 Å². The van der Waals surface area contributed by atoms with Gasteiger partial charge in [-0.3, -0.25) is 4.79 Å². The standard InChI is InChI=1S/C35H39NO3/c1-24(2)29(35(37)28-15-16-32(38-3)33(23-28)39-4)19-22-36-20-17-27(18-21-36)34-30-11-7-5-9-25(30)13-14-26-10-6-8-12-31(26)34/h5-16,23-24,29H,17-22H2,1-4H3. The number of ketones is 1. The average molecular weight is 522 g/mol. The number of methoxy groups -OCH3 is 2. The van der Waals surface area contributed by atoms with Crippen LogP contribution >= 0.6 is 0 Å². The van der Waals surface area contributed by atoms with Gasteiger partial charge >= 0.3 is 0 Å². The Bertz CT molecular complexity index is 1340. The quantitative estimate of drug-likeness (QED) is 0.224. The van der Waals surface area contributed by atoms with Crippen molar-refractivity contribution in [2.24, 2.45) is 11.8 Å². The maximum Gasteiger partial charge on any atom is 0.166 e. The van der Waals surface area contributed by atoms with Crippen molar-refractivity contribution in [2.75, 3.05) is 33.9 Å². The molecule has 1 saturated heterocycles. The lowest BCUT2D eigenvalue weighted by molar-refractivity contribution is 0.0860. The van der Waals surface area contributed by atoms with Crippen LogP contribution in [-0.2, 0) is 0 Å². The van der Waals surface area contributed by atoms with E-state index in [1.165, 1.54) is 33.4 Å². The van der Waals surface area contributed by atoms with Gasteiger partial charge in [-0.25, -0.2) is 0 Å². The number of piperidine rings is 1. The van der Waals surface area contributed by atoms with Crippen LogP contribution in [0.15, 0.2) is 72.3 Å². The van der Waals surface area contributed by atoms with Gasteiger partial charge in [-0.05, 0) is 77.8 Å². The molecule has 0 radical (unpaired) electrons. The summed E-state index contributed by atoms with van der Waals surface area (Å²) in [5.41, 5.74) is 8.88. The van der Waals surface area contributed by atoms with E-state index in [1.807, 2.05) is 18.2 Å². The summed E-state index contributed by atoms with van der Waals surface area (Å²) in [6.45, 7) is 7.27. The van der Waals surface area contributed by atoms with Crippen molar-refractivity contribution < 1.29 is 14.3 Å². The van der Waals surface area contributed by atoms with Crippen LogP contribution in [0, 0.1) is 11.8 Å². The molecule has 1 atom stereocenters. The molecule has 0 saturated carbocycles. The van der Waals surface area contributed by atoms with E-state index in [9.17, 15) is 4.79 Å². The second-order valence-electron chi connectivity index (χ2n) is 10.9. The van der Waals surface area contributed by atoms with Gasteiger partial charge in [0, 0.05) is 24.6 Å². The van der Waals surface area contributed by atoms with Crippen LogP contribution in [0.5, 0.6) is 11.5 Å². The molecule has 4 heteroatoms. The fraction of sp³-hybridized carbons (Fsp3) is 0.343. The van der Waals surface area contributed by atoms with E-state index >= 15 is 0 Å². The van der Waals surface area contributed by atoms with Gasteiger partial charge in [-0.1, -0.05) is 80.1 Å². The van der Waals surface area contributed by atoms with Crippen LogP contribution < -0.4 is 9.47 Å². The van der Waals surface area contributed by atoms with Crippen molar-refractivity contribution in [3.05, 3.63) is 100 Å². The Kier molecular flexibility index (Phi) is 8.33. The van der Waals surface area contributed by atoms with E-state index in [4.69, 9.17) is 9.47 Å². The number of rotatable bonds is 8.